The Hall–Kier alpha value is -2.57. The molecule has 25 heavy (non-hydrogen) atoms. The molecule has 2 aromatic carbocycles. The smallest absolute Gasteiger partial charge is 0.156 e. The van der Waals surface area contributed by atoms with Crippen molar-refractivity contribution in [3.63, 3.8) is 0 Å². The van der Waals surface area contributed by atoms with Crippen LogP contribution in [0.3, 0.4) is 0 Å². The zero-order chi connectivity index (χ0) is 17.6. The van der Waals surface area contributed by atoms with Crippen LogP contribution in [0, 0.1) is 5.82 Å². The average molecular weight is 377 g/mol. The lowest BCUT2D eigenvalue weighted by Gasteiger charge is -2.02. The van der Waals surface area contributed by atoms with Crippen LogP contribution in [0.15, 0.2) is 36.4 Å². The van der Waals surface area contributed by atoms with Gasteiger partial charge in [0, 0.05) is 11.6 Å². The van der Waals surface area contributed by atoms with Crippen molar-refractivity contribution in [1.29, 1.82) is 0 Å². The zero-order valence-electron chi connectivity index (χ0n) is 12.9. The van der Waals surface area contributed by atoms with Crippen LogP contribution in [0.2, 0.25) is 10.0 Å². The van der Waals surface area contributed by atoms with Gasteiger partial charge in [0.25, 0.3) is 0 Å². The third kappa shape index (κ3) is 2.83. The number of hydrogen-bond acceptors (Lipinski definition) is 3. The topological polar surface area (TPSA) is 66.6 Å². The first kappa shape index (κ1) is 15.9. The molecule has 0 atom stereocenters. The Morgan fingerprint density at radius 2 is 1.88 bits per heavy atom. The number of benzene rings is 2. The van der Waals surface area contributed by atoms with Gasteiger partial charge in [-0.3, -0.25) is 5.10 Å². The van der Waals surface area contributed by atoms with Gasteiger partial charge in [-0.15, -0.1) is 0 Å². The van der Waals surface area contributed by atoms with Gasteiger partial charge >= 0.3 is 0 Å². The van der Waals surface area contributed by atoms with Crippen LogP contribution < -0.4 is 4.74 Å². The molecule has 2 N–H and O–H groups in total. The highest BCUT2D eigenvalue weighted by atomic mass is 35.5. The fourth-order valence-electron chi connectivity index (χ4n) is 2.54. The largest absolute Gasteiger partial charge is 0.497 e. The van der Waals surface area contributed by atoms with Crippen molar-refractivity contribution in [2.24, 2.45) is 0 Å². The normalized spacial score (nSPS) is 11.2. The van der Waals surface area contributed by atoms with E-state index in [1.54, 1.807) is 30.3 Å². The predicted molar refractivity (Wildman–Crippen MR) is 95.6 cm³/mol. The molecule has 0 spiro atoms. The number of rotatable bonds is 3. The van der Waals surface area contributed by atoms with Crippen molar-refractivity contribution in [2.45, 2.75) is 0 Å². The number of hydrogen-bond donors (Lipinski definition) is 2. The Kier molecular flexibility index (Phi) is 3.86. The second-order valence-corrected chi connectivity index (χ2v) is 6.20. The molecule has 2 heterocycles. The second kappa shape index (κ2) is 6.06. The molecule has 5 nitrogen and oxygen atoms in total. The third-order valence-electron chi connectivity index (χ3n) is 3.81. The van der Waals surface area contributed by atoms with Crippen molar-refractivity contribution in [3.05, 3.63) is 52.3 Å². The second-order valence-electron chi connectivity index (χ2n) is 5.38. The number of aromatic amines is 2. The van der Waals surface area contributed by atoms with Crippen LogP contribution in [0.1, 0.15) is 0 Å². The van der Waals surface area contributed by atoms with E-state index in [0.29, 0.717) is 44.1 Å². The molecule has 0 bridgehead atoms. The Balaban J connectivity index is 1.74. The van der Waals surface area contributed by atoms with Crippen LogP contribution in [0.25, 0.3) is 33.8 Å². The van der Waals surface area contributed by atoms with Gasteiger partial charge in [0.1, 0.15) is 17.3 Å². The van der Waals surface area contributed by atoms with E-state index in [9.17, 15) is 4.39 Å². The Morgan fingerprint density at radius 3 is 2.64 bits per heavy atom. The summed E-state index contributed by atoms with van der Waals surface area (Å²) in [5.74, 6) is 0.588. The maximum Gasteiger partial charge on any atom is 0.156 e. The van der Waals surface area contributed by atoms with Gasteiger partial charge < -0.3 is 9.72 Å². The quantitative estimate of drug-likeness (QED) is 0.524. The summed E-state index contributed by atoms with van der Waals surface area (Å²) in [6.07, 6.45) is 0. The summed E-state index contributed by atoms with van der Waals surface area (Å²) in [7, 11) is 1.49. The Morgan fingerprint density at radius 1 is 1.08 bits per heavy atom. The minimum absolute atomic E-state index is 0.366. The van der Waals surface area contributed by atoms with Crippen LogP contribution >= 0.6 is 23.2 Å². The number of aromatic nitrogens is 4. The summed E-state index contributed by atoms with van der Waals surface area (Å²) >= 11 is 12.0. The van der Waals surface area contributed by atoms with E-state index in [4.69, 9.17) is 27.9 Å². The van der Waals surface area contributed by atoms with Gasteiger partial charge in [0.15, 0.2) is 5.82 Å². The Labute approximate surface area is 151 Å². The van der Waals surface area contributed by atoms with E-state index in [1.807, 2.05) is 0 Å². The molecule has 2 aromatic heterocycles. The molecule has 0 amide bonds. The lowest BCUT2D eigenvalue weighted by molar-refractivity contribution is 0.411. The number of halogens is 3. The number of fused-ring (bicyclic) bond motifs is 1. The SMILES string of the molecule is COc1ccc(-c2cc(-c3nc4cc(Cl)c(Cl)cc4[nH]3)[nH]n2)c(F)c1. The molecule has 0 fully saturated rings. The molecular formula is C17H11Cl2FN4O. The molecule has 0 saturated carbocycles. The molecule has 0 aliphatic carbocycles. The third-order valence-corrected chi connectivity index (χ3v) is 4.53. The fraction of sp³-hybridized carbons (Fsp3) is 0.0588. The molecule has 0 radical (unpaired) electrons. The van der Waals surface area contributed by atoms with E-state index < -0.39 is 5.82 Å². The van der Waals surface area contributed by atoms with Crippen molar-refractivity contribution in [2.75, 3.05) is 7.11 Å². The molecule has 4 aromatic rings. The summed E-state index contributed by atoms with van der Waals surface area (Å²) < 4.78 is 19.2. The van der Waals surface area contributed by atoms with E-state index >= 15 is 0 Å². The molecule has 126 valence electrons. The van der Waals surface area contributed by atoms with Gasteiger partial charge in [-0.05, 0) is 30.3 Å². The first-order chi connectivity index (χ1) is 12.0. The van der Waals surface area contributed by atoms with Gasteiger partial charge in [0.05, 0.1) is 33.9 Å². The van der Waals surface area contributed by atoms with Gasteiger partial charge in [-0.25, -0.2) is 9.37 Å². The van der Waals surface area contributed by atoms with E-state index in [0.717, 1.165) is 5.52 Å². The van der Waals surface area contributed by atoms with Gasteiger partial charge in [-0.2, -0.15) is 5.10 Å². The van der Waals surface area contributed by atoms with Gasteiger partial charge in [0.2, 0.25) is 0 Å². The van der Waals surface area contributed by atoms with E-state index in [2.05, 4.69) is 20.2 Å². The summed E-state index contributed by atoms with van der Waals surface area (Å²) in [5, 5.41) is 7.89. The lowest BCUT2D eigenvalue weighted by Crippen LogP contribution is -1.88. The molecular weight excluding hydrogens is 366 g/mol. The van der Waals surface area contributed by atoms with E-state index in [-0.39, 0.29) is 0 Å². The first-order valence-electron chi connectivity index (χ1n) is 7.29. The number of methoxy groups -OCH3 is 1. The molecule has 0 aliphatic rings. The highest BCUT2D eigenvalue weighted by molar-refractivity contribution is 6.42. The number of H-pyrrole nitrogens is 2. The van der Waals surface area contributed by atoms with Crippen molar-refractivity contribution in [3.8, 4) is 28.5 Å². The van der Waals surface area contributed by atoms with E-state index in [1.165, 1.54) is 13.2 Å². The van der Waals surface area contributed by atoms with Crippen LogP contribution in [-0.2, 0) is 0 Å². The highest BCUT2D eigenvalue weighted by Gasteiger charge is 2.14. The van der Waals surface area contributed by atoms with Crippen LogP contribution in [-0.4, -0.2) is 27.3 Å². The molecule has 8 heteroatoms. The average Bonchev–Trinajstić information content (AvgIpc) is 3.22. The maximum atomic E-state index is 14.2. The predicted octanol–water partition coefficient (Wildman–Crippen LogP) is 5.07. The maximum absolute atomic E-state index is 14.2. The lowest BCUT2D eigenvalue weighted by atomic mass is 10.1. The number of nitrogens with one attached hydrogen (secondary N) is 2. The monoisotopic (exact) mass is 376 g/mol. The van der Waals surface area contributed by atoms with Crippen molar-refractivity contribution in [1.82, 2.24) is 20.2 Å². The first-order valence-corrected chi connectivity index (χ1v) is 8.05. The summed E-state index contributed by atoms with van der Waals surface area (Å²) in [5.41, 5.74) is 2.87. The molecule has 4 rings (SSSR count). The highest BCUT2D eigenvalue weighted by Crippen LogP contribution is 2.30. The number of ether oxygens (including phenoxy) is 1. The van der Waals surface area contributed by atoms with Crippen LogP contribution in [0.5, 0.6) is 5.75 Å². The van der Waals surface area contributed by atoms with Gasteiger partial charge in [-0.1, -0.05) is 23.2 Å². The zero-order valence-corrected chi connectivity index (χ0v) is 14.4. The van der Waals surface area contributed by atoms with Crippen molar-refractivity contribution >= 4 is 34.2 Å². The van der Waals surface area contributed by atoms with Crippen molar-refractivity contribution < 1.29 is 9.13 Å². The minimum Gasteiger partial charge on any atom is -0.497 e. The fourth-order valence-corrected chi connectivity index (χ4v) is 2.87. The number of imidazole rings is 1. The number of nitrogens with zero attached hydrogens (tertiary/aromatic N) is 2. The summed E-state index contributed by atoms with van der Waals surface area (Å²) in [4.78, 5) is 7.60. The summed E-state index contributed by atoms with van der Waals surface area (Å²) in [6, 6.07) is 9.71. The molecule has 0 unspecified atom stereocenters. The minimum atomic E-state index is -0.416. The van der Waals surface area contributed by atoms with Crippen LogP contribution in [0.4, 0.5) is 4.39 Å². The standard InChI is InChI=1S/C17H11Cl2FN4O/c1-25-8-2-3-9(12(20)4-8)13-7-16(24-23-13)17-21-14-5-10(18)11(19)6-15(14)22-17/h2-7H,1H3,(H,21,22)(H,23,24). The molecule has 0 saturated heterocycles. The summed E-state index contributed by atoms with van der Waals surface area (Å²) in [6.45, 7) is 0. The Bertz CT molecular complexity index is 1050. The molecule has 0 aliphatic heterocycles.